The van der Waals surface area contributed by atoms with Crippen molar-refractivity contribution in [1.29, 1.82) is 0 Å². The largest absolute Gasteiger partial charge is 0.335 e. The van der Waals surface area contributed by atoms with E-state index in [4.69, 9.17) is 0 Å². The smallest absolute Gasteiger partial charge is 0.274 e. The fourth-order valence-electron chi connectivity index (χ4n) is 3.70. The molecule has 2 aromatic rings. The number of carbonyl (C=O) groups excluding carboxylic acids is 2. The summed E-state index contributed by atoms with van der Waals surface area (Å²) in [5.74, 6) is -0.516. The topological polar surface area (TPSA) is 92.1 Å². The lowest BCUT2D eigenvalue weighted by Gasteiger charge is -2.43. The van der Waals surface area contributed by atoms with Crippen LogP contribution in [0.25, 0.3) is 4.96 Å². The number of imidazole rings is 1. The summed E-state index contributed by atoms with van der Waals surface area (Å²) in [5, 5.41) is 1.88. The van der Waals surface area contributed by atoms with Crippen LogP contribution in [0.15, 0.2) is 17.8 Å². The SMILES string of the molecule is CCC(=O)N1CCN(C(=O)c2cn3ccsc3n2)[C@@H]2CS(=O)(=O)C[C@@H]21. The standard InChI is InChI=1S/C15H18N4O4S2/c1-2-13(20)18-3-4-19(12-9-25(22,23)8-11(12)18)14(21)10-7-17-5-6-24-15(17)16-10/h5-7,11-12H,2-4,8-9H2,1H3/t11-,12+/m0/s1. The summed E-state index contributed by atoms with van der Waals surface area (Å²) in [4.78, 5) is 33.4. The summed E-state index contributed by atoms with van der Waals surface area (Å²) in [5.41, 5.74) is 0.310. The number of sulfone groups is 1. The van der Waals surface area contributed by atoms with E-state index in [1.807, 2.05) is 11.6 Å². The zero-order chi connectivity index (χ0) is 17.8. The predicted molar refractivity (Wildman–Crippen MR) is 92.3 cm³/mol. The number of aromatic nitrogens is 2. The fourth-order valence-corrected chi connectivity index (χ4v) is 6.38. The molecule has 2 aromatic heterocycles. The Kier molecular flexibility index (Phi) is 3.84. The van der Waals surface area contributed by atoms with Crippen LogP contribution >= 0.6 is 11.3 Å². The molecule has 0 unspecified atom stereocenters. The van der Waals surface area contributed by atoms with Gasteiger partial charge in [-0.1, -0.05) is 6.92 Å². The summed E-state index contributed by atoms with van der Waals surface area (Å²) in [6, 6.07) is -0.958. The summed E-state index contributed by atoms with van der Waals surface area (Å²) < 4.78 is 26.1. The molecule has 0 radical (unpaired) electrons. The van der Waals surface area contributed by atoms with Crippen LogP contribution in [0, 0.1) is 0 Å². The molecular formula is C15H18N4O4S2. The molecule has 0 saturated carbocycles. The van der Waals surface area contributed by atoms with Crippen LogP contribution in [0.2, 0.25) is 0 Å². The molecule has 10 heteroatoms. The Labute approximate surface area is 149 Å². The lowest BCUT2D eigenvalue weighted by Crippen LogP contribution is -2.61. The number of nitrogens with zero attached hydrogens (tertiary/aromatic N) is 4. The van der Waals surface area contributed by atoms with Crippen molar-refractivity contribution in [3.8, 4) is 0 Å². The molecule has 2 aliphatic heterocycles. The van der Waals surface area contributed by atoms with Gasteiger partial charge in [-0.2, -0.15) is 0 Å². The number of piperazine rings is 1. The molecule has 2 amide bonds. The van der Waals surface area contributed by atoms with Crippen LogP contribution in [-0.4, -0.2) is 76.1 Å². The van der Waals surface area contributed by atoms with E-state index in [2.05, 4.69) is 4.98 Å². The van der Waals surface area contributed by atoms with Crippen molar-refractivity contribution in [3.63, 3.8) is 0 Å². The zero-order valence-electron chi connectivity index (χ0n) is 13.7. The average molecular weight is 382 g/mol. The molecule has 134 valence electrons. The Morgan fingerprint density at radius 1 is 1.24 bits per heavy atom. The molecular weight excluding hydrogens is 364 g/mol. The van der Waals surface area contributed by atoms with Gasteiger partial charge < -0.3 is 9.80 Å². The number of hydrogen-bond donors (Lipinski definition) is 0. The molecule has 2 saturated heterocycles. The first-order chi connectivity index (χ1) is 11.9. The minimum absolute atomic E-state index is 0.0679. The van der Waals surface area contributed by atoms with Gasteiger partial charge >= 0.3 is 0 Å². The van der Waals surface area contributed by atoms with Gasteiger partial charge in [0.15, 0.2) is 14.8 Å². The van der Waals surface area contributed by atoms with E-state index in [9.17, 15) is 18.0 Å². The average Bonchev–Trinajstić information content (AvgIpc) is 3.23. The third-order valence-corrected chi connectivity index (χ3v) is 7.34. The second-order valence-corrected chi connectivity index (χ2v) is 9.40. The maximum absolute atomic E-state index is 12.9. The zero-order valence-corrected chi connectivity index (χ0v) is 15.3. The first-order valence-electron chi connectivity index (χ1n) is 8.12. The van der Waals surface area contributed by atoms with Crippen LogP contribution < -0.4 is 0 Å². The summed E-state index contributed by atoms with van der Waals surface area (Å²) in [6.07, 6.45) is 3.81. The summed E-state index contributed by atoms with van der Waals surface area (Å²) in [7, 11) is -3.28. The molecule has 0 aromatic carbocycles. The quantitative estimate of drug-likeness (QED) is 0.743. The highest BCUT2D eigenvalue weighted by Gasteiger charge is 2.49. The summed E-state index contributed by atoms with van der Waals surface area (Å²) in [6.45, 7) is 2.44. The number of rotatable bonds is 2. The molecule has 4 rings (SSSR count). The molecule has 2 aliphatic rings. The van der Waals surface area contributed by atoms with E-state index >= 15 is 0 Å². The molecule has 8 nitrogen and oxygen atoms in total. The van der Waals surface area contributed by atoms with Gasteiger partial charge in [-0.15, -0.1) is 11.3 Å². The molecule has 25 heavy (non-hydrogen) atoms. The first kappa shape index (κ1) is 16.5. The lowest BCUT2D eigenvalue weighted by atomic mass is 10.0. The maximum atomic E-state index is 12.9. The molecule has 2 fully saturated rings. The number of hydrogen-bond acceptors (Lipinski definition) is 6. The van der Waals surface area contributed by atoms with Crippen molar-refractivity contribution in [1.82, 2.24) is 19.2 Å². The highest BCUT2D eigenvalue weighted by molar-refractivity contribution is 7.91. The monoisotopic (exact) mass is 382 g/mol. The minimum Gasteiger partial charge on any atom is -0.335 e. The van der Waals surface area contributed by atoms with Gasteiger partial charge in [-0.05, 0) is 0 Å². The van der Waals surface area contributed by atoms with Gasteiger partial charge in [-0.25, -0.2) is 13.4 Å². The Morgan fingerprint density at radius 2 is 1.92 bits per heavy atom. The molecule has 0 bridgehead atoms. The molecule has 0 spiro atoms. The van der Waals surface area contributed by atoms with Crippen molar-refractivity contribution >= 4 is 37.9 Å². The van der Waals surface area contributed by atoms with Crippen molar-refractivity contribution in [2.45, 2.75) is 25.4 Å². The predicted octanol–water partition coefficient (Wildman–Crippen LogP) is 0.256. The molecule has 4 heterocycles. The van der Waals surface area contributed by atoms with Gasteiger partial charge in [0.2, 0.25) is 5.91 Å². The van der Waals surface area contributed by atoms with E-state index < -0.39 is 21.9 Å². The molecule has 0 aliphatic carbocycles. The third kappa shape index (κ3) is 2.73. The van der Waals surface area contributed by atoms with E-state index in [0.29, 0.717) is 25.2 Å². The lowest BCUT2D eigenvalue weighted by molar-refractivity contribution is -0.135. The highest BCUT2D eigenvalue weighted by atomic mass is 32.2. The Hall–Kier alpha value is -1.94. The van der Waals surface area contributed by atoms with Gasteiger partial charge in [0.05, 0.1) is 23.6 Å². The van der Waals surface area contributed by atoms with Crippen LogP contribution in [0.5, 0.6) is 0 Å². The maximum Gasteiger partial charge on any atom is 0.274 e. The number of thiazole rings is 1. The van der Waals surface area contributed by atoms with Gasteiger partial charge in [0.25, 0.3) is 5.91 Å². The van der Waals surface area contributed by atoms with Crippen LogP contribution in [-0.2, 0) is 14.6 Å². The number of amides is 2. The van der Waals surface area contributed by atoms with Crippen molar-refractivity contribution < 1.29 is 18.0 Å². The summed E-state index contributed by atoms with van der Waals surface area (Å²) >= 11 is 1.43. The Bertz CT molecular complexity index is 919. The van der Waals surface area contributed by atoms with E-state index in [1.54, 1.807) is 27.3 Å². The molecule has 0 N–H and O–H groups in total. The van der Waals surface area contributed by atoms with Crippen molar-refractivity contribution in [3.05, 3.63) is 23.5 Å². The van der Waals surface area contributed by atoms with Gasteiger partial charge in [0, 0.05) is 37.3 Å². The normalized spacial score (nSPS) is 25.3. The Balaban J connectivity index is 1.65. The number of fused-ring (bicyclic) bond motifs is 2. The van der Waals surface area contributed by atoms with Crippen LogP contribution in [0.3, 0.4) is 0 Å². The first-order valence-corrected chi connectivity index (χ1v) is 10.8. The minimum atomic E-state index is -3.28. The van der Waals surface area contributed by atoms with Crippen molar-refractivity contribution in [2.75, 3.05) is 24.6 Å². The van der Waals surface area contributed by atoms with Gasteiger partial charge in [0.1, 0.15) is 5.69 Å². The van der Waals surface area contributed by atoms with Crippen molar-refractivity contribution in [2.24, 2.45) is 0 Å². The number of carbonyl (C=O) groups is 2. The Morgan fingerprint density at radius 3 is 2.60 bits per heavy atom. The third-order valence-electron chi connectivity index (χ3n) is 4.87. The fraction of sp³-hybridized carbons (Fsp3) is 0.533. The van der Waals surface area contributed by atoms with E-state index in [-0.39, 0.29) is 23.3 Å². The second-order valence-electron chi connectivity index (χ2n) is 6.37. The second kappa shape index (κ2) is 5.80. The van der Waals surface area contributed by atoms with E-state index in [0.717, 1.165) is 4.96 Å². The van der Waals surface area contributed by atoms with Crippen LogP contribution in [0.4, 0.5) is 0 Å². The molecule has 2 atom stereocenters. The van der Waals surface area contributed by atoms with Crippen LogP contribution in [0.1, 0.15) is 23.8 Å². The van der Waals surface area contributed by atoms with Gasteiger partial charge in [-0.3, -0.25) is 14.0 Å². The highest BCUT2D eigenvalue weighted by Crippen LogP contribution is 2.28. The van der Waals surface area contributed by atoms with E-state index in [1.165, 1.54) is 11.3 Å².